The summed E-state index contributed by atoms with van der Waals surface area (Å²) in [6.07, 6.45) is 0. The van der Waals surface area contributed by atoms with Crippen molar-refractivity contribution < 1.29 is 19.4 Å². The van der Waals surface area contributed by atoms with Gasteiger partial charge < -0.3 is 14.6 Å². The third-order valence-corrected chi connectivity index (χ3v) is 4.34. The molecule has 0 fully saturated rings. The van der Waals surface area contributed by atoms with Crippen LogP contribution in [0.1, 0.15) is 28.4 Å². The Hall–Kier alpha value is -2.53. The summed E-state index contributed by atoms with van der Waals surface area (Å²) in [5.41, 5.74) is 2.47. The first kappa shape index (κ1) is 16.3. The van der Waals surface area contributed by atoms with E-state index >= 15 is 0 Å². The molecule has 0 unspecified atom stereocenters. The first-order valence-corrected chi connectivity index (χ1v) is 7.93. The molecular formula is C19H21NO4. The number of carboxylic acids is 1. The molecule has 5 nitrogen and oxygen atoms in total. The van der Waals surface area contributed by atoms with Crippen molar-refractivity contribution in [3.05, 3.63) is 59.2 Å². The highest BCUT2D eigenvalue weighted by atomic mass is 16.5. The summed E-state index contributed by atoms with van der Waals surface area (Å²) in [5, 5.41) is 9.12. The maximum absolute atomic E-state index is 11.1. The number of fused-ring (bicyclic) bond motifs is 1. The van der Waals surface area contributed by atoms with E-state index in [-0.39, 0.29) is 11.6 Å². The molecule has 2 aromatic rings. The predicted molar refractivity (Wildman–Crippen MR) is 90.6 cm³/mol. The van der Waals surface area contributed by atoms with Gasteiger partial charge in [-0.2, -0.15) is 0 Å². The van der Waals surface area contributed by atoms with Crippen LogP contribution in [0.3, 0.4) is 0 Å². The fourth-order valence-electron chi connectivity index (χ4n) is 2.82. The van der Waals surface area contributed by atoms with E-state index in [2.05, 4.69) is 24.0 Å². The molecular weight excluding hydrogens is 306 g/mol. The van der Waals surface area contributed by atoms with Gasteiger partial charge in [0.05, 0.1) is 12.7 Å². The van der Waals surface area contributed by atoms with Crippen molar-refractivity contribution in [2.75, 3.05) is 13.7 Å². The van der Waals surface area contributed by atoms with Gasteiger partial charge in [0.25, 0.3) is 0 Å². The molecule has 1 N–H and O–H groups in total. The fraction of sp³-hybridized carbons (Fsp3) is 0.316. The minimum Gasteiger partial charge on any atom is -0.497 e. The quantitative estimate of drug-likeness (QED) is 0.934. The van der Waals surface area contributed by atoms with Crippen LogP contribution in [0, 0.1) is 0 Å². The summed E-state index contributed by atoms with van der Waals surface area (Å²) in [7, 11) is 1.66. The molecule has 0 spiro atoms. The summed E-state index contributed by atoms with van der Waals surface area (Å²) in [5.74, 6) is 0.574. The molecule has 0 amide bonds. The zero-order valence-corrected chi connectivity index (χ0v) is 13.9. The predicted octanol–water partition coefficient (Wildman–Crippen LogP) is 3.18. The monoisotopic (exact) mass is 327 g/mol. The van der Waals surface area contributed by atoms with Crippen LogP contribution in [-0.2, 0) is 13.1 Å². The topological polar surface area (TPSA) is 59.0 Å². The largest absolute Gasteiger partial charge is 0.497 e. The number of carbonyl (C=O) groups is 1. The standard InChI is InChI=1S/C19H21NO4/c1-13-12-24-18-9-15(19(21)22)5-6-16(18)11-20(13)10-14-3-7-17(23-2)8-4-14/h3-9,13H,10-12H2,1-2H3,(H,21,22)/t13-/m0/s1. The SMILES string of the molecule is COc1ccc(CN2Cc3ccc(C(=O)O)cc3OC[C@@H]2C)cc1. The minimum absolute atomic E-state index is 0.229. The molecule has 24 heavy (non-hydrogen) atoms. The van der Waals surface area contributed by atoms with Gasteiger partial charge in [-0.1, -0.05) is 18.2 Å². The number of rotatable bonds is 4. The second-order valence-corrected chi connectivity index (χ2v) is 6.04. The van der Waals surface area contributed by atoms with Gasteiger partial charge in [-0.15, -0.1) is 0 Å². The highest BCUT2D eigenvalue weighted by Crippen LogP contribution is 2.27. The summed E-state index contributed by atoms with van der Waals surface area (Å²) >= 11 is 0. The Kier molecular flexibility index (Phi) is 4.71. The molecule has 0 aromatic heterocycles. The molecule has 126 valence electrons. The fourth-order valence-corrected chi connectivity index (χ4v) is 2.82. The van der Waals surface area contributed by atoms with E-state index in [0.717, 1.165) is 24.4 Å². The summed E-state index contributed by atoms with van der Waals surface area (Å²) in [4.78, 5) is 13.4. The number of ether oxygens (including phenoxy) is 2. The molecule has 0 saturated carbocycles. The number of nitrogens with zero attached hydrogens (tertiary/aromatic N) is 1. The number of carboxylic acid groups (broad SMARTS) is 1. The Balaban J connectivity index is 1.79. The first-order chi connectivity index (χ1) is 11.6. The lowest BCUT2D eigenvalue weighted by Gasteiger charge is -2.26. The van der Waals surface area contributed by atoms with Crippen molar-refractivity contribution in [1.82, 2.24) is 4.90 Å². The average Bonchev–Trinajstić information content (AvgIpc) is 2.74. The smallest absolute Gasteiger partial charge is 0.335 e. The minimum atomic E-state index is -0.936. The van der Waals surface area contributed by atoms with Crippen LogP contribution in [0.15, 0.2) is 42.5 Å². The molecule has 2 aromatic carbocycles. The van der Waals surface area contributed by atoms with Crippen molar-refractivity contribution in [2.24, 2.45) is 0 Å². The highest BCUT2D eigenvalue weighted by molar-refractivity contribution is 5.88. The third kappa shape index (κ3) is 3.51. The van der Waals surface area contributed by atoms with Crippen LogP contribution in [-0.4, -0.2) is 35.7 Å². The van der Waals surface area contributed by atoms with Crippen molar-refractivity contribution >= 4 is 5.97 Å². The summed E-state index contributed by atoms with van der Waals surface area (Å²) in [6.45, 7) is 4.18. The summed E-state index contributed by atoms with van der Waals surface area (Å²) < 4.78 is 11.0. The maximum Gasteiger partial charge on any atom is 0.335 e. The zero-order chi connectivity index (χ0) is 17.1. The van der Waals surface area contributed by atoms with E-state index in [1.54, 1.807) is 19.2 Å². The Bertz CT molecular complexity index is 727. The Morgan fingerprint density at radius 3 is 2.71 bits per heavy atom. The molecule has 0 radical (unpaired) electrons. The lowest BCUT2D eigenvalue weighted by molar-refractivity contribution is 0.0696. The van der Waals surface area contributed by atoms with Crippen LogP contribution in [0.2, 0.25) is 0 Å². The van der Waals surface area contributed by atoms with Gasteiger partial charge in [0.1, 0.15) is 18.1 Å². The van der Waals surface area contributed by atoms with Gasteiger partial charge in [-0.05, 0) is 36.8 Å². The van der Waals surface area contributed by atoms with Gasteiger partial charge in [-0.3, -0.25) is 4.90 Å². The van der Waals surface area contributed by atoms with Crippen LogP contribution >= 0.6 is 0 Å². The molecule has 1 aliphatic rings. The van der Waals surface area contributed by atoms with Crippen LogP contribution in [0.4, 0.5) is 0 Å². The van der Waals surface area contributed by atoms with Crippen molar-refractivity contribution in [2.45, 2.75) is 26.1 Å². The Labute approximate surface area is 141 Å². The van der Waals surface area contributed by atoms with E-state index in [4.69, 9.17) is 14.6 Å². The van der Waals surface area contributed by atoms with E-state index in [1.165, 1.54) is 5.56 Å². The molecule has 0 aliphatic carbocycles. The lowest BCUT2D eigenvalue weighted by atomic mass is 10.1. The molecule has 0 saturated heterocycles. The van der Waals surface area contributed by atoms with E-state index in [0.29, 0.717) is 12.4 Å². The van der Waals surface area contributed by atoms with E-state index < -0.39 is 5.97 Å². The van der Waals surface area contributed by atoms with Gasteiger partial charge in [-0.25, -0.2) is 4.79 Å². The van der Waals surface area contributed by atoms with Gasteiger partial charge in [0.15, 0.2) is 0 Å². The van der Waals surface area contributed by atoms with E-state index in [9.17, 15) is 4.79 Å². The number of hydrogen-bond donors (Lipinski definition) is 1. The molecule has 5 heteroatoms. The molecule has 0 bridgehead atoms. The molecule has 3 rings (SSSR count). The highest BCUT2D eigenvalue weighted by Gasteiger charge is 2.22. The van der Waals surface area contributed by atoms with E-state index in [1.807, 2.05) is 18.2 Å². The molecule has 1 atom stereocenters. The number of methoxy groups -OCH3 is 1. The summed E-state index contributed by atoms with van der Waals surface area (Å²) in [6, 6.07) is 13.4. The average molecular weight is 327 g/mol. The molecule has 1 aliphatic heterocycles. The van der Waals surface area contributed by atoms with Crippen LogP contribution < -0.4 is 9.47 Å². The second-order valence-electron chi connectivity index (χ2n) is 6.04. The maximum atomic E-state index is 11.1. The van der Waals surface area contributed by atoms with Gasteiger partial charge >= 0.3 is 5.97 Å². The van der Waals surface area contributed by atoms with Crippen molar-refractivity contribution in [3.63, 3.8) is 0 Å². The van der Waals surface area contributed by atoms with Gasteiger partial charge in [0.2, 0.25) is 0 Å². The normalized spacial score (nSPS) is 17.5. The zero-order valence-electron chi connectivity index (χ0n) is 13.9. The lowest BCUT2D eigenvalue weighted by Crippen LogP contribution is -2.34. The number of benzene rings is 2. The van der Waals surface area contributed by atoms with Gasteiger partial charge in [0, 0.05) is 24.7 Å². The third-order valence-electron chi connectivity index (χ3n) is 4.34. The number of aromatic carboxylic acids is 1. The van der Waals surface area contributed by atoms with Crippen LogP contribution in [0.25, 0.3) is 0 Å². The number of hydrogen-bond acceptors (Lipinski definition) is 4. The van der Waals surface area contributed by atoms with Crippen molar-refractivity contribution in [3.8, 4) is 11.5 Å². The Morgan fingerprint density at radius 2 is 2.04 bits per heavy atom. The first-order valence-electron chi connectivity index (χ1n) is 7.93. The second kappa shape index (κ2) is 6.93. The van der Waals surface area contributed by atoms with Crippen LogP contribution in [0.5, 0.6) is 11.5 Å². The Morgan fingerprint density at radius 1 is 1.29 bits per heavy atom. The van der Waals surface area contributed by atoms with Crippen molar-refractivity contribution in [1.29, 1.82) is 0 Å². The molecule has 1 heterocycles.